The van der Waals surface area contributed by atoms with Gasteiger partial charge in [0.15, 0.2) is 0 Å². The smallest absolute Gasteiger partial charge is 0.250 e. The van der Waals surface area contributed by atoms with Gasteiger partial charge in [0.25, 0.3) is 0 Å². The molecular weight excluding hydrogens is 260 g/mol. The lowest BCUT2D eigenvalue weighted by Gasteiger charge is -2.21. The van der Waals surface area contributed by atoms with E-state index in [1.807, 2.05) is 49.2 Å². The summed E-state index contributed by atoms with van der Waals surface area (Å²) in [4.78, 5) is 2.43. The molecule has 0 aliphatic carbocycles. The predicted molar refractivity (Wildman–Crippen MR) is 78.4 cm³/mol. The van der Waals surface area contributed by atoms with Gasteiger partial charge in [0.2, 0.25) is 5.95 Å². The summed E-state index contributed by atoms with van der Waals surface area (Å²) in [7, 11) is 1.92. The molecule has 0 fully saturated rings. The molecule has 100 valence electrons. The summed E-state index contributed by atoms with van der Waals surface area (Å²) < 4.78 is 1.69. The molecule has 0 aliphatic heterocycles. The highest BCUT2D eigenvalue weighted by molar-refractivity contribution is 7.80. The average Bonchev–Trinajstić information content (AvgIpc) is 2.88. The van der Waals surface area contributed by atoms with Crippen molar-refractivity contribution in [1.82, 2.24) is 20.2 Å². The van der Waals surface area contributed by atoms with Gasteiger partial charge in [-0.2, -0.15) is 4.68 Å². The first kappa shape index (κ1) is 13.4. The van der Waals surface area contributed by atoms with Gasteiger partial charge in [-0.05, 0) is 22.6 Å². The normalized spacial score (nSPS) is 12.1. The fourth-order valence-electron chi connectivity index (χ4n) is 1.74. The Morgan fingerprint density at radius 1 is 1.42 bits per heavy atom. The molecule has 1 unspecified atom stereocenters. The lowest BCUT2D eigenvalue weighted by Crippen LogP contribution is -2.32. The molecule has 6 nitrogen and oxygen atoms in total. The monoisotopic (exact) mass is 276 g/mol. The van der Waals surface area contributed by atoms with Gasteiger partial charge in [0.1, 0.15) is 0 Å². The number of aromatic nitrogens is 4. The van der Waals surface area contributed by atoms with Gasteiger partial charge in [0.05, 0.1) is 10.7 Å². The molecule has 0 saturated heterocycles. The van der Waals surface area contributed by atoms with Gasteiger partial charge in [-0.15, -0.1) is 0 Å². The lowest BCUT2D eigenvalue weighted by atomic mass is 10.2. The number of hydrogen-bond acceptors (Lipinski definition) is 5. The van der Waals surface area contributed by atoms with Crippen molar-refractivity contribution in [2.24, 2.45) is 11.7 Å². The summed E-state index contributed by atoms with van der Waals surface area (Å²) in [6.07, 6.45) is 0. The zero-order chi connectivity index (χ0) is 13.8. The molecule has 0 radical (unpaired) electrons. The molecule has 2 rings (SSSR count). The molecule has 0 spiro atoms. The average molecular weight is 276 g/mol. The van der Waals surface area contributed by atoms with E-state index in [1.54, 1.807) is 4.68 Å². The first-order valence-corrected chi connectivity index (χ1v) is 6.34. The van der Waals surface area contributed by atoms with Crippen LogP contribution in [0.15, 0.2) is 30.3 Å². The quantitative estimate of drug-likeness (QED) is 0.822. The fourth-order valence-corrected chi connectivity index (χ4v) is 1.81. The fraction of sp³-hybridized carbons (Fsp3) is 0.333. The van der Waals surface area contributed by atoms with Crippen molar-refractivity contribution in [2.45, 2.75) is 6.92 Å². The van der Waals surface area contributed by atoms with Crippen molar-refractivity contribution < 1.29 is 0 Å². The molecule has 2 aromatic rings. The Kier molecular flexibility index (Phi) is 4.06. The minimum atomic E-state index is 0.0981. The summed E-state index contributed by atoms with van der Waals surface area (Å²) in [5.74, 6) is 0.759. The highest BCUT2D eigenvalue weighted by atomic mass is 32.1. The first-order chi connectivity index (χ1) is 9.09. The second-order valence-electron chi connectivity index (χ2n) is 4.41. The molecule has 19 heavy (non-hydrogen) atoms. The molecule has 1 aromatic carbocycles. The third-order valence-electron chi connectivity index (χ3n) is 2.83. The third-order valence-corrected chi connectivity index (χ3v) is 3.23. The van der Waals surface area contributed by atoms with Gasteiger partial charge in [-0.25, -0.2) is 0 Å². The Bertz CT molecular complexity index is 552. The van der Waals surface area contributed by atoms with E-state index in [4.69, 9.17) is 18.0 Å². The lowest BCUT2D eigenvalue weighted by molar-refractivity contribution is 0.710. The van der Waals surface area contributed by atoms with Crippen LogP contribution in [0.25, 0.3) is 5.69 Å². The minimum Gasteiger partial charge on any atom is -0.393 e. The van der Waals surface area contributed by atoms with Crippen LogP contribution in [0.4, 0.5) is 5.95 Å². The summed E-state index contributed by atoms with van der Waals surface area (Å²) >= 11 is 4.98. The Morgan fingerprint density at radius 3 is 2.74 bits per heavy atom. The van der Waals surface area contributed by atoms with E-state index in [1.165, 1.54) is 0 Å². The van der Waals surface area contributed by atoms with Crippen LogP contribution >= 0.6 is 12.2 Å². The van der Waals surface area contributed by atoms with Gasteiger partial charge < -0.3 is 10.6 Å². The Morgan fingerprint density at radius 2 is 2.11 bits per heavy atom. The van der Waals surface area contributed by atoms with Crippen LogP contribution in [-0.2, 0) is 0 Å². The van der Waals surface area contributed by atoms with E-state index < -0.39 is 0 Å². The van der Waals surface area contributed by atoms with Crippen molar-refractivity contribution >= 4 is 23.2 Å². The predicted octanol–water partition coefficient (Wildman–Crippen LogP) is 1.02. The summed E-state index contributed by atoms with van der Waals surface area (Å²) in [5, 5.41) is 11.8. The molecule has 0 saturated carbocycles. The maximum absolute atomic E-state index is 5.63. The van der Waals surface area contributed by atoms with Crippen LogP contribution in [-0.4, -0.2) is 38.8 Å². The number of nitrogens with zero attached hydrogens (tertiary/aromatic N) is 5. The molecule has 0 aliphatic rings. The maximum atomic E-state index is 5.63. The Labute approximate surface area is 117 Å². The standard InChI is InChI=1S/C12H16N6S/c1-9(11(13)19)8-17(2)12-14-15-16-18(12)10-6-4-3-5-7-10/h3-7,9H,8H2,1-2H3,(H2,13,19). The van der Waals surface area contributed by atoms with Crippen LogP contribution in [0, 0.1) is 5.92 Å². The zero-order valence-electron chi connectivity index (χ0n) is 10.9. The number of rotatable bonds is 5. The molecule has 0 bridgehead atoms. The summed E-state index contributed by atoms with van der Waals surface area (Å²) in [5.41, 5.74) is 6.55. The topological polar surface area (TPSA) is 72.9 Å². The molecule has 1 aromatic heterocycles. The highest BCUT2D eigenvalue weighted by Gasteiger charge is 2.16. The summed E-state index contributed by atoms with van der Waals surface area (Å²) in [6.45, 7) is 2.65. The number of para-hydroxylation sites is 1. The number of nitrogens with two attached hydrogens (primary N) is 1. The molecule has 1 atom stereocenters. The molecule has 2 N–H and O–H groups in total. The third kappa shape index (κ3) is 3.05. The SMILES string of the molecule is CC(CN(C)c1nnnn1-c1ccccc1)C(N)=S. The van der Waals surface area contributed by atoms with Crippen LogP contribution in [0.2, 0.25) is 0 Å². The van der Waals surface area contributed by atoms with E-state index in [9.17, 15) is 0 Å². The van der Waals surface area contributed by atoms with Gasteiger partial charge in [0, 0.05) is 19.5 Å². The Hall–Kier alpha value is -2.02. The van der Waals surface area contributed by atoms with E-state index in [0.717, 1.165) is 5.69 Å². The van der Waals surface area contributed by atoms with E-state index >= 15 is 0 Å². The molecular formula is C12H16N6S. The van der Waals surface area contributed by atoms with Gasteiger partial charge in [-0.1, -0.05) is 42.4 Å². The van der Waals surface area contributed by atoms with Crippen molar-refractivity contribution in [3.05, 3.63) is 30.3 Å². The van der Waals surface area contributed by atoms with Gasteiger partial charge >= 0.3 is 0 Å². The van der Waals surface area contributed by atoms with Crippen LogP contribution in [0.1, 0.15) is 6.92 Å². The van der Waals surface area contributed by atoms with Gasteiger partial charge in [-0.3, -0.25) is 0 Å². The van der Waals surface area contributed by atoms with Crippen molar-refractivity contribution in [1.29, 1.82) is 0 Å². The molecule has 1 heterocycles. The minimum absolute atomic E-state index is 0.0981. The van der Waals surface area contributed by atoms with Crippen LogP contribution in [0.5, 0.6) is 0 Å². The van der Waals surface area contributed by atoms with E-state index in [2.05, 4.69) is 15.5 Å². The molecule has 0 amide bonds. The zero-order valence-corrected chi connectivity index (χ0v) is 11.7. The number of anilines is 1. The van der Waals surface area contributed by atoms with Crippen molar-refractivity contribution in [3.8, 4) is 5.69 Å². The van der Waals surface area contributed by atoms with E-state index in [0.29, 0.717) is 17.5 Å². The highest BCUT2D eigenvalue weighted by Crippen LogP contribution is 2.15. The number of benzene rings is 1. The Balaban J connectivity index is 2.22. The van der Waals surface area contributed by atoms with Crippen LogP contribution in [0.3, 0.4) is 0 Å². The first-order valence-electron chi connectivity index (χ1n) is 5.94. The summed E-state index contributed by atoms with van der Waals surface area (Å²) in [6, 6.07) is 9.73. The van der Waals surface area contributed by atoms with Crippen LogP contribution < -0.4 is 10.6 Å². The second kappa shape index (κ2) is 5.75. The second-order valence-corrected chi connectivity index (χ2v) is 4.88. The van der Waals surface area contributed by atoms with E-state index in [-0.39, 0.29) is 5.92 Å². The number of hydrogen-bond donors (Lipinski definition) is 1. The largest absolute Gasteiger partial charge is 0.393 e. The number of thiocarbonyl (C=S) groups is 1. The number of tetrazole rings is 1. The van der Waals surface area contributed by atoms with Crippen molar-refractivity contribution in [3.63, 3.8) is 0 Å². The molecule has 7 heteroatoms. The van der Waals surface area contributed by atoms with Crippen molar-refractivity contribution in [2.75, 3.05) is 18.5 Å². The maximum Gasteiger partial charge on any atom is 0.250 e.